The Balaban J connectivity index is 0.000000960. The van der Waals surface area contributed by atoms with Crippen LogP contribution < -0.4 is 10.6 Å². The molecule has 9 nitrogen and oxygen atoms in total. The van der Waals surface area contributed by atoms with Crippen LogP contribution in [0.15, 0.2) is 72.7 Å². The van der Waals surface area contributed by atoms with E-state index in [-0.39, 0.29) is 18.9 Å². The van der Waals surface area contributed by atoms with E-state index in [1.165, 1.54) is 0 Å². The molecule has 0 aliphatic rings. The van der Waals surface area contributed by atoms with Crippen LogP contribution in [-0.2, 0) is 37.2 Å². The van der Waals surface area contributed by atoms with Gasteiger partial charge in [-0.15, -0.1) is 0 Å². The van der Waals surface area contributed by atoms with Crippen molar-refractivity contribution in [3.05, 3.63) is 83.8 Å². The van der Waals surface area contributed by atoms with Gasteiger partial charge in [-0.2, -0.15) is 0 Å². The molecule has 3 N–H and O–H groups in total. The zero-order valence-corrected chi connectivity index (χ0v) is 21.5. The van der Waals surface area contributed by atoms with E-state index in [0.29, 0.717) is 6.42 Å². The Kier molecular flexibility index (Phi) is 13.0. The summed E-state index contributed by atoms with van der Waals surface area (Å²) in [5, 5.41) is 15.5. The van der Waals surface area contributed by atoms with Gasteiger partial charge in [0.15, 0.2) is 9.84 Å². The number of benzene rings is 2. The zero-order valence-electron chi connectivity index (χ0n) is 20.7. The van der Waals surface area contributed by atoms with E-state index >= 15 is 0 Å². The van der Waals surface area contributed by atoms with E-state index in [4.69, 9.17) is 4.74 Å². The van der Waals surface area contributed by atoms with Gasteiger partial charge in [0.25, 0.3) is 0 Å². The highest BCUT2D eigenvalue weighted by Crippen LogP contribution is 2.09. The molecule has 0 saturated carbocycles. The fraction of sp³-hybridized carbons (Fsp3) is 0.346. The summed E-state index contributed by atoms with van der Waals surface area (Å²) in [6.45, 7) is 6.95. The summed E-state index contributed by atoms with van der Waals surface area (Å²) in [5.41, 5.74) is 1.62. The third kappa shape index (κ3) is 13.3. The van der Waals surface area contributed by atoms with Crippen LogP contribution in [0, 0.1) is 5.92 Å². The van der Waals surface area contributed by atoms with Gasteiger partial charge in [0.2, 0.25) is 5.91 Å². The van der Waals surface area contributed by atoms with Crippen molar-refractivity contribution in [2.24, 2.45) is 5.92 Å². The maximum absolute atomic E-state index is 12.7. The Morgan fingerprint density at radius 2 is 1.44 bits per heavy atom. The molecule has 0 radical (unpaired) electrons. The molecule has 0 spiro atoms. The summed E-state index contributed by atoms with van der Waals surface area (Å²) in [4.78, 5) is 36.6. The Labute approximate surface area is 212 Å². The number of amides is 2. The van der Waals surface area contributed by atoms with E-state index < -0.39 is 39.9 Å². The largest absolute Gasteiger partial charge is 0.480 e. The summed E-state index contributed by atoms with van der Waals surface area (Å²) < 4.78 is 25.0. The fourth-order valence-electron chi connectivity index (χ4n) is 2.93. The Bertz CT molecular complexity index is 1080. The topological polar surface area (TPSA) is 139 Å². The number of alkyl carbamates (subject to hydrolysis) is 1. The average molecular weight is 519 g/mol. The van der Waals surface area contributed by atoms with E-state index in [2.05, 4.69) is 17.2 Å². The number of hydrogen-bond donors (Lipinski definition) is 3. The highest BCUT2D eigenvalue weighted by Gasteiger charge is 2.27. The summed E-state index contributed by atoms with van der Waals surface area (Å²) >= 11 is 0. The first-order valence-corrected chi connectivity index (χ1v) is 13.2. The van der Waals surface area contributed by atoms with E-state index in [0.717, 1.165) is 22.8 Å². The van der Waals surface area contributed by atoms with Gasteiger partial charge in [-0.05, 0) is 23.5 Å². The Hall–Kier alpha value is -3.66. The van der Waals surface area contributed by atoms with E-state index in [1.807, 2.05) is 62.4 Å². The third-order valence-corrected chi connectivity index (χ3v) is 5.33. The minimum Gasteiger partial charge on any atom is -0.480 e. The summed E-state index contributed by atoms with van der Waals surface area (Å²) in [7, 11) is -2.90. The number of sulfone groups is 1. The lowest BCUT2D eigenvalue weighted by Crippen LogP contribution is -2.52. The van der Waals surface area contributed by atoms with Crippen molar-refractivity contribution in [1.82, 2.24) is 10.6 Å². The maximum Gasteiger partial charge on any atom is 0.408 e. The van der Waals surface area contributed by atoms with E-state index in [1.54, 1.807) is 12.1 Å². The predicted molar refractivity (Wildman–Crippen MR) is 138 cm³/mol. The van der Waals surface area contributed by atoms with Gasteiger partial charge in [0.1, 0.15) is 18.7 Å². The van der Waals surface area contributed by atoms with Crippen molar-refractivity contribution in [3.8, 4) is 0 Å². The van der Waals surface area contributed by atoms with Crippen molar-refractivity contribution < 1.29 is 32.6 Å². The standard InChI is InChI=1S/C23H28N2O5.C3H6O2S/c1-16(2)13-19(25-23(29)30-15-18-11-7-4-8-12-18)21(26)24-20(22(27)28)14-17-9-5-3-6-10-17;1-3-6(2,4)5/h3-12,16,19-20H,13-15H2,1-2H3,(H,24,26)(H,25,29)(H,27,28);3H,1H2,2H3. The van der Waals surface area contributed by atoms with E-state index in [9.17, 15) is 27.9 Å². The van der Waals surface area contributed by atoms with Gasteiger partial charge in [-0.1, -0.05) is 81.1 Å². The van der Waals surface area contributed by atoms with Gasteiger partial charge in [0, 0.05) is 18.1 Å². The number of carbonyl (C=O) groups is 3. The van der Waals surface area contributed by atoms with Crippen LogP contribution in [0.5, 0.6) is 0 Å². The molecular formula is C26H34N2O7S. The first-order chi connectivity index (χ1) is 16.9. The van der Waals surface area contributed by atoms with Crippen LogP contribution >= 0.6 is 0 Å². The number of carboxylic acid groups (broad SMARTS) is 1. The molecule has 2 amide bonds. The highest BCUT2D eigenvalue weighted by atomic mass is 32.2. The molecule has 0 bridgehead atoms. The number of aliphatic carboxylic acids is 1. The Morgan fingerprint density at radius 1 is 0.944 bits per heavy atom. The maximum atomic E-state index is 12.7. The summed E-state index contributed by atoms with van der Waals surface area (Å²) in [6, 6.07) is 16.2. The van der Waals surface area contributed by atoms with Crippen LogP contribution in [0.2, 0.25) is 0 Å². The van der Waals surface area contributed by atoms with Crippen molar-refractivity contribution in [2.75, 3.05) is 6.26 Å². The zero-order chi connectivity index (χ0) is 27.1. The number of hydrogen-bond acceptors (Lipinski definition) is 6. The minimum absolute atomic E-state index is 0.0778. The number of ether oxygens (including phenoxy) is 1. The van der Waals surface area contributed by atoms with Crippen LogP contribution in [0.3, 0.4) is 0 Å². The number of carboxylic acids is 1. The van der Waals surface area contributed by atoms with Crippen molar-refractivity contribution in [1.29, 1.82) is 0 Å². The molecule has 2 atom stereocenters. The monoisotopic (exact) mass is 518 g/mol. The molecule has 36 heavy (non-hydrogen) atoms. The lowest BCUT2D eigenvalue weighted by molar-refractivity contribution is -0.142. The molecule has 0 saturated heterocycles. The van der Waals surface area contributed by atoms with Gasteiger partial charge < -0.3 is 20.5 Å². The number of rotatable bonds is 11. The van der Waals surface area contributed by atoms with Gasteiger partial charge in [-0.3, -0.25) is 4.79 Å². The predicted octanol–water partition coefficient (Wildman–Crippen LogP) is 3.31. The third-order valence-electron chi connectivity index (χ3n) is 4.73. The number of nitrogens with one attached hydrogen (secondary N) is 2. The second kappa shape index (κ2) is 15.4. The first-order valence-electron chi connectivity index (χ1n) is 11.3. The quantitative estimate of drug-likeness (QED) is 0.415. The van der Waals surface area contributed by atoms with Crippen molar-refractivity contribution in [2.45, 2.75) is 45.4 Å². The lowest BCUT2D eigenvalue weighted by Gasteiger charge is -2.22. The molecule has 0 aliphatic heterocycles. The molecule has 0 aromatic heterocycles. The molecule has 2 aromatic rings. The smallest absolute Gasteiger partial charge is 0.408 e. The molecule has 0 fully saturated rings. The molecule has 2 rings (SSSR count). The highest BCUT2D eigenvalue weighted by molar-refractivity contribution is 7.93. The molecule has 2 unspecified atom stereocenters. The van der Waals surface area contributed by atoms with Crippen LogP contribution in [0.25, 0.3) is 0 Å². The number of carbonyl (C=O) groups excluding carboxylic acids is 2. The molecule has 0 heterocycles. The van der Waals surface area contributed by atoms with Gasteiger partial charge >= 0.3 is 12.1 Å². The second-order valence-corrected chi connectivity index (χ2v) is 10.5. The second-order valence-electron chi connectivity index (χ2n) is 8.47. The normalized spacial score (nSPS) is 12.3. The SMILES string of the molecule is C=CS(C)(=O)=O.CC(C)CC(NC(=O)OCc1ccccc1)C(=O)NC(Cc1ccccc1)C(=O)O. The van der Waals surface area contributed by atoms with Crippen molar-refractivity contribution >= 4 is 27.8 Å². The molecule has 0 aliphatic carbocycles. The van der Waals surface area contributed by atoms with Crippen molar-refractivity contribution in [3.63, 3.8) is 0 Å². The molecule has 10 heteroatoms. The molecule has 196 valence electrons. The fourth-order valence-corrected chi connectivity index (χ4v) is 2.93. The van der Waals surface area contributed by atoms with Crippen LogP contribution in [0.1, 0.15) is 31.4 Å². The minimum atomic E-state index is -2.90. The van der Waals surface area contributed by atoms with Gasteiger partial charge in [-0.25, -0.2) is 18.0 Å². The lowest BCUT2D eigenvalue weighted by atomic mass is 10.0. The summed E-state index contributed by atoms with van der Waals surface area (Å²) in [6.07, 6.45) is 0.869. The van der Waals surface area contributed by atoms with Crippen LogP contribution in [0.4, 0.5) is 4.79 Å². The molecular weight excluding hydrogens is 484 g/mol. The average Bonchev–Trinajstić information content (AvgIpc) is 2.82. The van der Waals surface area contributed by atoms with Gasteiger partial charge in [0.05, 0.1) is 0 Å². The summed E-state index contributed by atoms with van der Waals surface area (Å²) in [5.74, 6) is -1.58. The Morgan fingerprint density at radius 3 is 1.89 bits per heavy atom. The molecule has 2 aromatic carbocycles. The van der Waals surface area contributed by atoms with Crippen LogP contribution in [-0.4, -0.2) is 49.8 Å². The first kappa shape index (κ1) is 30.4.